The molecule has 0 bridgehead atoms. The second-order valence-corrected chi connectivity index (χ2v) is 5.48. The Morgan fingerprint density at radius 2 is 2.37 bits per heavy atom. The second kappa shape index (κ2) is 5.64. The van der Waals surface area contributed by atoms with Gasteiger partial charge in [0.15, 0.2) is 0 Å². The van der Waals surface area contributed by atoms with E-state index in [1.807, 2.05) is 23.7 Å². The smallest absolute Gasteiger partial charge is 0.123 e. The first-order chi connectivity index (χ1) is 9.31. The van der Waals surface area contributed by atoms with E-state index in [9.17, 15) is 0 Å². The summed E-state index contributed by atoms with van der Waals surface area (Å²) < 4.78 is 5.78. The van der Waals surface area contributed by atoms with Crippen LogP contribution in [0.2, 0.25) is 0 Å². The monoisotopic (exact) mass is 276 g/mol. The zero-order valence-electron chi connectivity index (χ0n) is 10.5. The first kappa shape index (κ1) is 12.5. The van der Waals surface area contributed by atoms with Gasteiger partial charge in [-0.05, 0) is 17.7 Å². The standard InChI is InChI=1S/C13H16N4OS/c14-12-7-10(1-2-15-12)8-17-4-5-18-11(9-17)13-16-3-6-19-13/h1-3,6-7,11H,4-5,8-9H2,(H2,14,15). The number of hydrogen-bond acceptors (Lipinski definition) is 6. The second-order valence-electron chi connectivity index (χ2n) is 4.55. The van der Waals surface area contributed by atoms with Gasteiger partial charge in [0.2, 0.25) is 0 Å². The summed E-state index contributed by atoms with van der Waals surface area (Å²) in [7, 11) is 0. The summed E-state index contributed by atoms with van der Waals surface area (Å²) in [6.45, 7) is 3.42. The minimum Gasteiger partial charge on any atom is -0.384 e. The highest BCUT2D eigenvalue weighted by Gasteiger charge is 2.23. The van der Waals surface area contributed by atoms with Crippen molar-refractivity contribution in [3.63, 3.8) is 0 Å². The number of anilines is 1. The lowest BCUT2D eigenvalue weighted by Crippen LogP contribution is -2.37. The molecule has 2 aromatic heterocycles. The number of hydrogen-bond donors (Lipinski definition) is 1. The molecule has 2 aromatic rings. The van der Waals surface area contributed by atoms with E-state index < -0.39 is 0 Å². The Morgan fingerprint density at radius 3 is 3.16 bits per heavy atom. The van der Waals surface area contributed by atoms with Crippen LogP contribution in [0.1, 0.15) is 16.7 Å². The van der Waals surface area contributed by atoms with Gasteiger partial charge >= 0.3 is 0 Å². The Hall–Kier alpha value is -1.50. The van der Waals surface area contributed by atoms with Gasteiger partial charge in [0, 0.05) is 37.4 Å². The SMILES string of the molecule is Nc1cc(CN2CCOC(c3nccs3)C2)ccn1. The normalized spacial score (nSPS) is 20.5. The average Bonchev–Trinajstić information content (AvgIpc) is 2.93. The number of morpholine rings is 1. The molecule has 100 valence electrons. The molecular weight excluding hydrogens is 260 g/mol. The summed E-state index contributed by atoms with van der Waals surface area (Å²) >= 11 is 1.65. The largest absolute Gasteiger partial charge is 0.384 e. The molecule has 2 N–H and O–H groups in total. The molecule has 1 saturated heterocycles. The van der Waals surface area contributed by atoms with E-state index in [4.69, 9.17) is 10.5 Å². The summed E-state index contributed by atoms with van der Waals surface area (Å²) in [6.07, 6.45) is 3.67. The number of nitrogen functional groups attached to an aromatic ring is 1. The summed E-state index contributed by atoms with van der Waals surface area (Å²) in [5.74, 6) is 0.572. The van der Waals surface area contributed by atoms with Crippen molar-refractivity contribution in [2.45, 2.75) is 12.6 Å². The molecule has 19 heavy (non-hydrogen) atoms. The summed E-state index contributed by atoms with van der Waals surface area (Å²) in [5, 5.41) is 3.04. The van der Waals surface area contributed by atoms with Gasteiger partial charge in [-0.1, -0.05) is 0 Å². The van der Waals surface area contributed by atoms with Gasteiger partial charge in [0.1, 0.15) is 16.9 Å². The molecule has 0 radical (unpaired) electrons. The van der Waals surface area contributed by atoms with Crippen molar-refractivity contribution in [2.24, 2.45) is 0 Å². The third-order valence-corrected chi connectivity index (χ3v) is 4.00. The van der Waals surface area contributed by atoms with Gasteiger partial charge in [-0.3, -0.25) is 4.90 Å². The minimum absolute atomic E-state index is 0.0907. The van der Waals surface area contributed by atoms with Crippen LogP contribution in [-0.4, -0.2) is 34.6 Å². The summed E-state index contributed by atoms with van der Waals surface area (Å²) in [5.41, 5.74) is 6.89. The molecule has 1 aliphatic rings. The third kappa shape index (κ3) is 3.09. The number of rotatable bonds is 3. The van der Waals surface area contributed by atoms with Gasteiger partial charge in [-0.25, -0.2) is 9.97 Å². The molecule has 5 nitrogen and oxygen atoms in total. The average molecular weight is 276 g/mol. The van der Waals surface area contributed by atoms with Crippen LogP contribution in [0.25, 0.3) is 0 Å². The lowest BCUT2D eigenvalue weighted by atomic mass is 10.2. The predicted molar refractivity (Wildman–Crippen MR) is 74.7 cm³/mol. The van der Waals surface area contributed by atoms with Crippen molar-refractivity contribution >= 4 is 17.2 Å². The van der Waals surface area contributed by atoms with Crippen molar-refractivity contribution in [1.82, 2.24) is 14.9 Å². The van der Waals surface area contributed by atoms with Crippen LogP contribution in [0.4, 0.5) is 5.82 Å². The number of ether oxygens (including phenoxy) is 1. The van der Waals surface area contributed by atoms with Gasteiger partial charge in [-0.2, -0.15) is 0 Å². The van der Waals surface area contributed by atoms with Gasteiger partial charge in [0.05, 0.1) is 6.61 Å². The van der Waals surface area contributed by atoms with Crippen molar-refractivity contribution in [3.05, 3.63) is 40.5 Å². The molecule has 6 heteroatoms. The fraction of sp³-hybridized carbons (Fsp3) is 0.385. The lowest BCUT2D eigenvalue weighted by molar-refractivity contribution is -0.0330. The number of aromatic nitrogens is 2. The van der Waals surface area contributed by atoms with Crippen LogP contribution >= 0.6 is 11.3 Å². The summed E-state index contributed by atoms with van der Waals surface area (Å²) in [4.78, 5) is 10.7. The van der Waals surface area contributed by atoms with Crippen LogP contribution in [0.15, 0.2) is 29.9 Å². The van der Waals surface area contributed by atoms with Crippen LogP contribution in [0.3, 0.4) is 0 Å². The molecule has 1 fully saturated rings. The Kier molecular flexibility index (Phi) is 3.72. The Bertz CT molecular complexity index is 531. The molecular formula is C13H16N4OS. The first-order valence-electron chi connectivity index (χ1n) is 6.25. The van der Waals surface area contributed by atoms with E-state index in [0.717, 1.165) is 31.2 Å². The van der Waals surface area contributed by atoms with E-state index in [2.05, 4.69) is 14.9 Å². The Labute approximate surface area is 116 Å². The van der Waals surface area contributed by atoms with Crippen molar-refractivity contribution in [2.75, 3.05) is 25.4 Å². The molecule has 1 aliphatic heterocycles. The van der Waals surface area contributed by atoms with Crippen LogP contribution in [0, 0.1) is 0 Å². The number of pyridine rings is 1. The highest BCUT2D eigenvalue weighted by atomic mass is 32.1. The quantitative estimate of drug-likeness (QED) is 0.924. The third-order valence-electron chi connectivity index (χ3n) is 3.13. The van der Waals surface area contributed by atoms with E-state index in [1.54, 1.807) is 17.5 Å². The lowest BCUT2D eigenvalue weighted by Gasteiger charge is -2.31. The predicted octanol–water partition coefficient (Wildman–Crippen LogP) is 1.69. The van der Waals surface area contributed by atoms with E-state index in [1.165, 1.54) is 5.56 Å². The minimum atomic E-state index is 0.0907. The van der Waals surface area contributed by atoms with Crippen LogP contribution in [0.5, 0.6) is 0 Å². The molecule has 3 rings (SSSR count). The van der Waals surface area contributed by atoms with Gasteiger partial charge in [0.25, 0.3) is 0 Å². The maximum absolute atomic E-state index is 5.78. The van der Waals surface area contributed by atoms with E-state index >= 15 is 0 Å². The number of nitrogens with two attached hydrogens (primary N) is 1. The van der Waals surface area contributed by atoms with Gasteiger partial charge in [-0.15, -0.1) is 11.3 Å². The number of nitrogens with zero attached hydrogens (tertiary/aromatic N) is 3. The van der Waals surface area contributed by atoms with E-state index in [-0.39, 0.29) is 6.10 Å². The van der Waals surface area contributed by atoms with E-state index in [0.29, 0.717) is 5.82 Å². The fourth-order valence-corrected chi connectivity index (χ4v) is 2.92. The first-order valence-corrected chi connectivity index (χ1v) is 7.13. The highest BCUT2D eigenvalue weighted by Crippen LogP contribution is 2.24. The van der Waals surface area contributed by atoms with Crippen LogP contribution < -0.4 is 5.73 Å². The molecule has 1 unspecified atom stereocenters. The molecule has 0 spiro atoms. The zero-order valence-corrected chi connectivity index (χ0v) is 11.3. The van der Waals surface area contributed by atoms with Crippen LogP contribution in [-0.2, 0) is 11.3 Å². The molecule has 0 amide bonds. The molecule has 0 aliphatic carbocycles. The highest BCUT2D eigenvalue weighted by molar-refractivity contribution is 7.09. The van der Waals surface area contributed by atoms with Crippen molar-refractivity contribution in [1.29, 1.82) is 0 Å². The van der Waals surface area contributed by atoms with Crippen molar-refractivity contribution in [3.8, 4) is 0 Å². The number of thiazole rings is 1. The topological polar surface area (TPSA) is 64.3 Å². The Balaban J connectivity index is 1.65. The fourth-order valence-electron chi connectivity index (χ4n) is 2.24. The summed E-state index contributed by atoms with van der Waals surface area (Å²) in [6, 6.07) is 3.93. The Morgan fingerprint density at radius 1 is 1.42 bits per heavy atom. The van der Waals surface area contributed by atoms with Crippen molar-refractivity contribution < 1.29 is 4.74 Å². The molecule has 0 aromatic carbocycles. The maximum Gasteiger partial charge on any atom is 0.123 e. The van der Waals surface area contributed by atoms with Gasteiger partial charge < -0.3 is 10.5 Å². The molecule has 3 heterocycles. The zero-order chi connectivity index (χ0) is 13.1. The molecule has 0 saturated carbocycles. The molecule has 1 atom stereocenters. The maximum atomic E-state index is 5.78.